The molecule has 0 saturated heterocycles. The number of anilines is 1. The Kier molecular flexibility index (Phi) is 6.66. The third kappa shape index (κ3) is 5.23. The maximum absolute atomic E-state index is 12.1. The van der Waals surface area contributed by atoms with E-state index in [2.05, 4.69) is 5.32 Å². The molecule has 0 aliphatic carbocycles. The summed E-state index contributed by atoms with van der Waals surface area (Å²) in [7, 11) is 2.91. The van der Waals surface area contributed by atoms with Crippen molar-refractivity contribution in [3.8, 4) is 23.0 Å². The first-order valence-corrected chi connectivity index (χ1v) is 9.13. The van der Waals surface area contributed by atoms with Gasteiger partial charge in [-0.2, -0.15) is 0 Å². The van der Waals surface area contributed by atoms with Crippen molar-refractivity contribution in [2.24, 2.45) is 0 Å². The molecule has 1 aliphatic heterocycles. The van der Waals surface area contributed by atoms with Gasteiger partial charge in [0.25, 0.3) is 5.91 Å². The molecule has 0 unspecified atom stereocenters. The molecular weight excluding hydrogens is 402 g/mol. The Balaban J connectivity index is 1.48. The fourth-order valence-electron chi connectivity index (χ4n) is 2.71. The Hall–Kier alpha value is -3.13. The van der Waals surface area contributed by atoms with E-state index in [0.29, 0.717) is 40.1 Å². The minimum atomic E-state index is -0.510. The van der Waals surface area contributed by atoms with Crippen LogP contribution in [-0.2, 0) is 20.7 Å². The molecule has 0 fully saturated rings. The van der Waals surface area contributed by atoms with Gasteiger partial charge in [0.05, 0.1) is 24.9 Å². The third-order valence-electron chi connectivity index (χ3n) is 4.17. The van der Waals surface area contributed by atoms with Crippen molar-refractivity contribution < 1.29 is 33.3 Å². The van der Waals surface area contributed by atoms with Crippen LogP contribution in [0.25, 0.3) is 0 Å². The van der Waals surface area contributed by atoms with E-state index < -0.39 is 18.5 Å². The smallest absolute Gasteiger partial charge is 0.306 e. The van der Waals surface area contributed by atoms with Gasteiger partial charge in [0, 0.05) is 18.6 Å². The highest BCUT2D eigenvalue weighted by atomic mass is 35.5. The number of esters is 1. The van der Waals surface area contributed by atoms with Crippen LogP contribution in [0.1, 0.15) is 12.0 Å². The maximum Gasteiger partial charge on any atom is 0.306 e. The van der Waals surface area contributed by atoms with Crippen LogP contribution >= 0.6 is 11.6 Å². The zero-order valence-corrected chi connectivity index (χ0v) is 16.7. The third-order valence-corrected chi connectivity index (χ3v) is 4.46. The van der Waals surface area contributed by atoms with Crippen LogP contribution in [-0.4, -0.2) is 39.5 Å². The summed E-state index contributed by atoms with van der Waals surface area (Å²) in [6.07, 6.45) is 0.588. The van der Waals surface area contributed by atoms with Crippen LogP contribution in [0.4, 0.5) is 5.69 Å². The lowest BCUT2D eigenvalue weighted by Gasteiger charge is -2.13. The molecule has 8 nitrogen and oxygen atoms in total. The van der Waals surface area contributed by atoms with Gasteiger partial charge in [0.15, 0.2) is 18.1 Å². The Morgan fingerprint density at radius 3 is 2.59 bits per heavy atom. The van der Waals surface area contributed by atoms with Gasteiger partial charge >= 0.3 is 5.97 Å². The second-order valence-corrected chi connectivity index (χ2v) is 6.49. The fourth-order valence-corrected chi connectivity index (χ4v) is 2.94. The highest BCUT2D eigenvalue weighted by molar-refractivity contribution is 6.32. The van der Waals surface area contributed by atoms with E-state index in [1.807, 2.05) is 12.1 Å². The van der Waals surface area contributed by atoms with Crippen LogP contribution in [0.5, 0.6) is 23.0 Å². The number of fused-ring (bicyclic) bond motifs is 1. The molecule has 2 aromatic carbocycles. The molecule has 154 valence electrons. The Bertz CT molecular complexity index is 916. The molecule has 0 atom stereocenters. The van der Waals surface area contributed by atoms with Crippen LogP contribution in [0, 0.1) is 0 Å². The number of hydrogen-bond donors (Lipinski definition) is 1. The second kappa shape index (κ2) is 9.38. The minimum Gasteiger partial charge on any atom is -0.495 e. The standard InChI is InChI=1S/C20H20ClNO7/c1-25-16-9-14(17(26-2)8-13(16)21)22-19(23)10-27-20(24)6-4-12-3-5-15-18(7-12)29-11-28-15/h3,5,7-9H,4,6,10-11H2,1-2H3,(H,22,23). The Morgan fingerprint density at radius 1 is 1.07 bits per heavy atom. The molecule has 0 radical (unpaired) electrons. The van der Waals surface area contributed by atoms with E-state index >= 15 is 0 Å². The zero-order valence-electron chi connectivity index (χ0n) is 16.0. The summed E-state index contributed by atoms with van der Waals surface area (Å²) in [5.41, 5.74) is 1.27. The Morgan fingerprint density at radius 2 is 1.83 bits per heavy atom. The number of rotatable bonds is 8. The van der Waals surface area contributed by atoms with Gasteiger partial charge in [-0.15, -0.1) is 0 Å². The van der Waals surface area contributed by atoms with Crippen molar-refractivity contribution in [1.82, 2.24) is 0 Å². The summed E-state index contributed by atoms with van der Waals surface area (Å²) < 4.78 is 25.9. The van der Waals surface area contributed by atoms with Crippen molar-refractivity contribution in [2.75, 3.05) is 32.9 Å². The van der Waals surface area contributed by atoms with Gasteiger partial charge in [-0.05, 0) is 24.1 Å². The molecule has 3 rings (SSSR count). The summed E-state index contributed by atoms with van der Waals surface area (Å²) in [6, 6.07) is 8.52. The van der Waals surface area contributed by atoms with Gasteiger partial charge in [-0.3, -0.25) is 9.59 Å². The highest BCUT2D eigenvalue weighted by Gasteiger charge is 2.16. The number of benzene rings is 2. The van der Waals surface area contributed by atoms with Crippen LogP contribution in [0.15, 0.2) is 30.3 Å². The molecule has 1 heterocycles. The average molecular weight is 422 g/mol. The summed E-state index contributed by atoms with van der Waals surface area (Å²) in [5, 5.41) is 2.96. The van der Waals surface area contributed by atoms with Crippen molar-refractivity contribution >= 4 is 29.2 Å². The lowest BCUT2D eigenvalue weighted by Crippen LogP contribution is -2.21. The number of halogens is 1. The summed E-state index contributed by atoms with van der Waals surface area (Å²) in [5.74, 6) is 1.08. The summed E-state index contributed by atoms with van der Waals surface area (Å²) in [4.78, 5) is 24.1. The molecule has 9 heteroatoms. The van der Waals surface area contributed by atoms with Gasteiger partial charge in [-0.1, -0.05) is 17.7 Å². The van der Waals surface area contributed by atoms with E-state index in [1.165, 1.54) is 26.4 Å². The quantitative estimate of drug-likeness (QED) is 0.654. The normalized spacial score (nSPS) is 11.7. The first kappa shape index (κ1) is 20.6. The van der Waals surface area contributed by atoms with E-state index in [1.54, 1.807) is 6.07 Å². The first-order chi connectivity index (χ1) is 14.0. The Labute approximate surface area is 172 Å². The monoisotopic (exact) mass is 421 g/mol. The number of aryl methyl sites for hydroxylation is 1. The van der Waals surface area contributed by atoms with Gasteiger partial charge in [0.1, 0.15) is 11.5 Å². The lowest BCUT2D eigenvalue weighted by molar-refractivity contribution is -0.147. The molecule has 1 N–H and O–H groups in total. The number of methoxy groups -OCH3 is 2. The average Bonchev–Trinajstić information content (AvgIpc) is 3.19. The molecule has 29 heavy (non-hydrogen) atoms. The maximum atomic E-state index is 12.1. The summed E-state index contributed by atoms with van der Waals surface area (Å²) >= 11 is 6.03. The van der Waals surface area contributed by atoms with E-state index in [4.69, 9.17) is 35.3 Å². The number of ether oxygens (including phenoxy) is 5. The van der Waals surface area contributed by atoms with Crippen LogP contribution < -0.4 is 24.3 Å². The van der Waals surface area contributed by atoms with E-state index in [0.717, 1.165) is 5.56 Å². The molecule has 0 spiro atoms. The lowest BCUT2D eigenvalue weighted by atomic mass is 10.1. The topological polar surface area (TPSA) is 92.3 Å². The first-order valence-electron chi connectivity index (χ1n) is 8.75. The predicted molar refractivity (Wildman–Crippen MR) is 105 cm³/mol. The van der Waals surface area contributed by atoms with Crippen molar-refractivity contribution in [1.29, 1.82) is 0 Å². The predicted octanol–water partition coefficient (Wildman–Crippen LogP) is 3.20. The molecule has 0 bridgehead atoms. The minimum absolute atomic E-state index is 0.130. The molecule has 1 aliphatic rings. The zero-order chi connectivity index (χ0) is 20.8. The number of carbonyl (C=O) groups is 2. The molecule has 0 saturated carbocycles. The number of hydrogen-bond acceptors (Lipinski definition) is 7. The SMILES string of the molecule is COc1cc(NC(=O)COC(=O)CCc2ccc3c(c2)OCO3)c(OC)cc1Cl. The number of nitrogens with one attached hydrogen (secondary N) is 1. The molecular formula is C20H20ClNO7. The second-order valence-electron chi connectivity index (χ2n) is 6.08. The van der Waals surface area contributed by atoms with Crippen LogP contribution in [0.3, 0.4) is 0 Å². The molecule has 2 aromatic rings. The highest BCUT2D eigenvalue weighted by Crippen LogP contribution is 2.36. The molecule has 0 aromatic heterocycles. The van der Waals surface area contributed by atoms with E-state index in [-0.39, 0.29) is 13.2 Å². The van der Waals surface area contributed by atoms with Gasteiger partial charge in [-0.25, -0.2) is 0 Å². The van der Waals surface area contributed by atoms with Gasteiger partial charge in [0.2, 0.25) is 6.79 Å². The van der Waals surface area contributed by atoms with Crippen LogP contribution in [0.2, 0.25) is 5.02 Å². The van der Waals surface area contributed by atoms with Crippen molar-refractivity contribution in [3.05, 3.63) is 40.9 Å². The fraction of sp³-hybridized carbons (Fsp3) is 0.300. The summed E-state index contributed by atoms with van der Waals surface area (Å²) in [6.45, 7) is -0.228. The number of carbonyl (C=O) groups excluding carboxylic acids is 2. The largest absolute Gasteiger partial charge is 0.495 e. The van der Waals surface area contributed by atoms with Crippen molar-refractivity contribution in [2.45, 2.75) is 12.8 Å². The van der Waals surface area contributed by atoms with E-state index in [9.17, 15) is 9.59 Å². The van der Waals surface area contributed by atoms with Gasteiger partial charge < -0.3 is 29.0 Å². The number of amides is 1. The van der Waals surface area contributed by atoms with Crippen molar-refractivity contribution in [3.63, 3.8) is 0 Å². The molecule has 1 amide bonds.